The fourth-order valence-corrected chi connectivity index (χ4v) is 3.66. The highest BCUT2D eigenvalue weighted by atomic mass is 16.6. The number of ether oxygens (including phenoxy) is 2. The second-order valence-corrected chi connectivity index (χ2v) is 7.50. The van der Waals surface area contributed by atoms with Crippen LogP contribution in [0.1, 0.15) is 68.8 Å². The van der Waals surface area contributed by atoms with Crippen molar-refractivity contribution in [3.05, 3.63) is 35.4 Å². The minimum absolute atomic E-state index is 0.205. The van der Waals surface area contributed by atoms with E-state index >= 15 is 0 Å². The lowest BCUT2D eigenvalue weighted by molar-refractivity contribution is -0.163. The first-order valence-corrected chi connectivity index (χ1v) is 9.34. The minimum Gasteiger partial charge on any atom is -0.465 e. The third kappa shape index (κ3) is 4.42. The van der Waals surface area contributed by atoms with E-state index < -0.39 is 11.5 Å². The number of hydrogen-bond acceptors (Lipinski definition) is 4. The molecule has 1 aliphatic rings. The second-order valence-electron chi connectivity index (χ2n) is 7.50. The number of rotatable bonds is 7. The standard InChI is InChI=1S/C21H30O4/c1-5-12-21(20(23)24-14-15(2)3)13-8-11-18(21)25-19(22)17-10-7-6-9-16(17)4/h6-7,9-10,15,18H,5,8,11-14H2,1-4H3. The average molecular weight is 346 g/mol. The molecule has 2 atom stereocenters. The Balaban J connectivity index is 2.18. The van der Waals surface area contributed by atoms with Gasteiger partial charge in [-0.25, -0.2) is 4.79 Å². The molecule has 0 radical (unpaired) electrons. The largest absolute Gasteiger partial charge is 0.465 e. The van der Waals surface area contributed by atoms with E-state index in [1.54, 1.807) is 6.07 Å². The summed E-state index contributed by atoms with van der Waals surface area (Å²) < 4.78 is 11.4. The van der Waals surface area contributed by atoms with Crippen molar-refractivity contribution in [3.8, 4) is 0 Å². The zero-order chi connectivity index (χ0) is 18.4. The first kappa shape index (κ1) is 19.5. The first-order chi connectivity index (χ1) is 11.9. The number of esters is 2. The summed E-state index contributed by atoms with van der Waals surface area (Å²) >= 11 is 0. The molecule has 1 aromatic carbocycles. The molecule has 0 saturated heterocycles. The summed E-state index contributed by atoms with van der Waals surface area (Å²) in [5, 5.41) is 0. The third-order valence-electron chi connectivity index (χ3n) is 4.97. The quantitative estimate of drug-likeness (QED) is 0.672. The van der Waals surface area contributed by atoms with Gasteiger partial charge in [-0.1, -0.05) is 45.4 Å². The highest BCUT2D eigenvalue weighted by molar-refractivity contribution is 5.91. The van der Waals surface area contributed by atoms with Crippen molar-refractivity contribution < 1.29 is 19.1 Å². The average Bonchev–Trinajstić information content (AvgIpc) is 2.97. The van der Waals surface area contributed by atoms with Crippen LogP contribution in [0.4, 0.5) is 0 Å². The molecule has 1 saturated carbocycles. The summed E-state index contributed by atoms with van der Waals surface area (Å²) in [6.45, 7) is 8.38. The summed E-state index contributed by atoms with van der Waals surface area (Å²) in [4.78, 5) is 25.5. The molecular weight excluding hydrogens is 316 g/mol. The Hall–Kier alpha value is -1.84. The lowest BCUT2D eigenvalue weighted by Gasteiger charge is -2.33. The van der Waals surface area contributed by atoms with E-state index in [0.717, 1.165) is 24.8 Å². The fraction of sp³-hybridized carbons (Fsp3) is 0.619. The monoisotopic (exact) mass is 346 g/mol. The lowest BCUT2D eigenvalue weighted by Crippen LogP contribution is -2.42. The molecule has 4 nitrogen and oxygen atoms in total. The maximum Gasteiger partial charge on any atom is 0.338 e. The van der Waals surface area contributed by atoms with Gasteiger partial charge in [0.15, 0.2) is 0 Å². The Morgan fingerprint density at radius 3 is 2.64 bits per heavy atom. The van der Waals surface area contributed by atoms with Gasteiger partial charge in [0.05, 0.1) is 12.2 Å². The highest BCUT2D eigenvalue weighted by Crippen LogP contribution is 2.45. The predicted molar refractivity (Wildman–Crippen MR) is 97.4 cm³/mol. The van der Waals surface area contributed by atoms with Crippen molar-refractivity contribution in [2.24, 2.45) is 11.3 Å². The number of benzene rings is 1. The van der Waals surface area contributed by atoms with E-state index in [2.05, 4.69) is 6.92 Å². The van der Waals surface area contributed by atoms with Crippen molar-refractivity contribution in [3.63, 3.8) is 0 Å². The summed E-state index contributed by atoms with van der Waals surface area (Å²) in [6.07, 6.45) is 3.46. The molecule has 0 spiro atoms. The van der Waals surface area contributed by atoms with Gasteiger partial charge in [0.1, 0.15) is 11.5 Å². The van der Waals surface area contributed by atoms with E-state index in [9.17, 15) is 9.59 Å². The molecule has 0 bridgehead atoms. The van der Waals surface area contributed by atoms with Crippen molar-refractivity contribution in [2.75, 3.05) is 6.61 Å². The predicted octanol–water partition coefficient (Wildman–Crippen LogP) is 4.69. The van der Waals surface area contributed by atoms with Crippen molar-refractivity contribution >= 4 is 11.9 Å². The van der Waals surface area contributed by atoms with Gasteiger partial charge in [0.25, 0.3) is 0 Å². The summed E-state index contributed by atoms with van der Waals surface area (Å²) in [7, 11) is 0. The molecule has 0 aliphatic heterocycles. The minimum atomic E-state index is -0.692. The highest BCUT2D eigenvalue weighted by Gasteiger charge is 2.51. The molecule has 0 aromatic heterocycles. The van der Waals surface area contributed by atoms with Gasteiger partial charge in [-0.05, 0) is 50.2 Å². The summed E-state index contributed by atoms with van der Waals surface area (Å²) in [5.41, 5.74) is 0.756. The summed E-state index contributed by atoms with van der Waals surface area (Å²) in [5.74, 6) is -0.262. The van der Waals surface area contributed by atoms with Crippen LogP contribution in [0, 0.1) is 18.3 Å². The van der Waals surface area contributed by atoms with E-state index in [4.69, 9.17) is 9.47 Å². The molecule has 4 heteroatoms. The Labute approximate surface area is 150 Å². The topological polar surface area (TPSA) is 52.6 Å². The van der Waals surface area contributed by atoms with Crippen LogP contribution in [-0.4, -0.2) is 24.6 Å². The lowest BCUT2D eigenvalue weighted by atomic mass is 9.79. The molecule has 0 heterocycles. The van der Waals surface area contributed by atoms with Gasteiger partial charge in [-0.3, -0.25) is 4.79 Å². The molecule has 25 heavy (non-hydrogen) atoms. The van der Waals surface area contributed by atoms with Crippen LogP contribution in [0.5, 0.6) is 0 Å². The zero-order valence-corrected chi connectivity index (χ0v) is 15.8. The fourth-order valence-electron chi connectivity index (χ4n) is 3.66. The van der Waals surface area contributed by atoms with E-state index in [1.807, 2.05) is 39.0 Å². The zero-order valence-electron chi connectivity index (χ0n) is 15.8. The molecule has 1 aromatic rings. The van der Waals surface area contributed by atoms with Gasteiger partial charge in [0.2, 0.25) is 0 Å². The first-order valence-electron chi connectivity index (χ1n) is 9.34. The van der Waals surface area contributed by atoms with Gasteiger partial charge in [-0.15, -0.1) is 0 Å². The Bertz CT molecular complexity index is 608. The number of carbonyl (C=O) groups is 2. The van der Waals surface area contributed by atoms with Crippen LogP contribution in [0.15, 0.2) is 24.3 Å². The van der Waals surface area contributed by atoms with Crippen LogP contribution < -0.4 is 0 Å². The van der Waals surface area contributed by atoms with E-state index in [1.165, 1.54) is 0 Å². The van der Waals surface area contributed by atoms with Crippen molar-refractivity contribution in [2.45, 2.75) is 65.9 Å². The van der Waals surface area contributed by atoms with Gasteiger partial charge < -0.3 is 9.47 Å². The van der Waals surface area contributed by atoms with Crippen LogP contribution >= 0.6 is 0 Å². The Morgan fingerprint density at radius 2 is 2.00 bits per heavy atom. The molecule has 0 amide bonds. The van der Waals surface area contributed by atoms with E-state index in [-0.39, 0.29) is 17.9 Å². The Kier molecular flexibility index (Phi) is 6.63. The van der Waals surface area contributed by atoms with Gasteiger partial charge in [0, 0.05) is 0 Å². The third-order valence-corrected chi connectivity index (χ3v) is 4.97. The molecule has 1 fully saturated rings. The van der Waals surface area contributed by atoms with Crippen molar-refractivity contribution in [1.82, 2.24) is 0 Å². The maximum absolute atomic E-state index is 12.8. The molecule has 1 aliphatic carbocycles. The molecule has 138 valence electrons. The maximum atomic E-state index is 12.8. The van der Waals surface area contributed by atoms with Crippen LogP contribution in [0.3, 0.4) is 0 Å². The van der Waals surface area contributed by atoms with Crippen LogP contribution in [0.2, 0.25) is 0 Å². The van der Waals surface area contributed by atoms with E-state index in [0.29, 0.717) is 25.0 Å². The number of carbonyl (C=O) groups excluding carboxylic acids is 2. The number of hydrogen-bond donors (Lipinski definition) is 0. The van der Waals surface area contributed by atoms with Crippen molar-refractivity contribution in [1.29, 1.82) is 0 Å². The number of aryl methyl sites for hydroxylation is 1. The second kappa shape index (κ2) is 8.50. The molecule has 2 unspecified atom stereocenters. The smallest absolute Gasteiger partial charge is 0.338 e. The van der Waals surface area contributed by atoms with Gasteiger partial charge in [-0.2, -0.15) is 0 Å². The van der Waals surface area contributed by atoms with Crippen LogP contribution in [0.25, 0.3) is 0 Å². The summed E-state index contributed by atoms with van der Waals surface area (Å²) in [6, 6.07) is 7.38. The van der Waals surface area contributed by atoms with Crippen LogP contribution in [-0.2, 0) is 14.3 Å². The Morgan fingerprint density at radius 1 is 1.28 bits per heavy atom. The SMILES string of the molecule is CCCC1(C(=O)OCC(C)C)CCCC1OC(=O)c1ccccc1C. The molecular formula is C21H30O4. The molecule has 0 N–H and O–H groups in total. The molecule has 2 rings (SSSR count). The van der Waals surface area contributed by atoms with Gasteiger partial charge >= 0.3 is 11.9 Å². The normalized spacial score (nSPS) is 22.8.